The molecule has 9 heteroatoms. The fourth-order valence-corrected chi connectivity index (χ4v) is 5.24. The van der Waals surface area contributed by atoms with E-state index in [1.807, 2.05) is 0 Å². The van der Waals surface area contributed by atoms with E-state index in [1.165, 1.54) is 6.07 Å². The molecule has 0 aliphatic rings. The maximum Gasteiger partial charge on any atom is 0.416 e. The average Bonchev–Trinajstić information content (AvgIpc) is 2.96. The molecule has 5 aromatic rings. The van der Waals surface area contributed by atoms with E-state index in [1.54, 1.807) is 80.7 Å². The Labute approximate surface area is 250 Å². The smallest absolute Gasteiger partial charge is 0.381 e. The lowest BCUT2D eigenvalue weighted by atomic mass is 9.89. The van der Waals surface area contributed by atoms with E-state index in [9.17, 15) is 26.3 Å². The van der Waals surface area contributed by atoms with Crippen molar-refractivity contribution >= 4 is 17.3 Å². The highest BCUT2D eigenvalue weighted by atomic mass is 35.5. The number of pyridine rings is 1. The molecule has 2 nitrogen and oxygen atoms in total. The molecule has 0 fully saturated rings. The van der Waals surface area contributed by atoms with Crippen molar-refractivity contribution in [3.63, 3.8) is 0 Å². The Kier molecular flexibility index (Phi) is 8.25. The highest BCUT2D eigenvalue weighted by Gasteiger charge is 2.33. The third-order valence-electron chi connectivity index (χ3n) is 7.17. The van der Waals surface area contributed by atoms with Crippen LogP contribution in [0.4, 0.5) is 32.0 Å². The van der Waals surface area contributed by atoms with Gasteiger partial charge in [-0.3, -0.25) is 4.98 Å². The number of halogens is 7. The maximum atomic E-state index is 14.1. The molecule has 0 amide bonds. The molecule has 0 aliphatic heterocycles. The molecular weight excluding hydrogens is 586 g/mol. The highest BCUT2D eigenvalue weighted by Crippen LogP contribution is 2.41. The van der Waals surface area contributed by atoms with Crippen molar-refractivity contribution < 1.29 is 26.3 Å². The second-order valence-corrected chi connectivity index (χ2v) is 10.6. The molecule has 1 N–H and O–H groups in total. The summed E-state index contributed by atoms with van der Waals surface area (Å²) in [6, 6.07) is 23.2. The number of nitrogens with zero attached hydrogens (tertiary/aromatic N) is 1. The van der Waals surface area contributed by atoms with Gasteiger partial charge in [-0.1, -0.05) is 60.1 Å². The lowest BCUT2D eigenvalue weighted by Gasteiger charge is -2.20. The molecule has 0 spiro atoms. The summed E-state index contributed by atoms with van der Waals surface area (Å²) >= 11 is 6.59. The number of alkyl halides is 6. The first-order valence-electron chi connectivity index (χ1n) is 13.3. The number of hydrogen-bond acceptors (Lipinski definition) is 2. The van der Waals surface area contributed by atoms with Crippen molar-refractivity contribution in [1.29, 1.82) is 0 Å². The van der Waals surface area contributed by atoms with E-state index in [0.717, 1.165) is 30.0 Å². The van der Waals surface area contributed by atoms with Gasteiger partial charge in [0, 0.05) is 35.2 Å². The van der Waals surface area contributed by atoms with E-state index in [4.69, 9.17) is 11.6 Å². The molecule has 0 atom stereocenters. The van der Waals surface area contributed by atoms with E-state index >= 15 is 0 Å². The molecule has 0 aliphatic carbocycles. The Morgan fingerprint density at radius 3 is 1.88 bits per heavy atom. The topological polar surface area (TPSA) is 24.9 Å². The van der Waals surface area contributed by atoms with Gasteiger partial charge in [-0.05, 0) is 89.7 Å². The zero-order valence-electron chi connectivity index (χ0n) is 23.0. The van der Waals surface area contributed by atoms with Crippen molar-refractivity contribution in [3.8, 4) is 33.4 Å². The zero-order chi connectivity index (χ0) is 30.9. The Bertz CT molecular complexity index is 1760. The van der Waals surface area contributed by atoms with E-state index in [2.05, 4.69) is 10.3 Å². The SMILES string of the molecule is Cc1ccc(-c2cc(C(F)(F)F)cc(-c3ccccc3)c2CNc2ccc(-c3ccc(C(F)(F)F)cc3C)c(Cl)c2)cn1. The summed E-state index contributed by atoms with van der Waals surface area (Å²) in [5.74, 6) is 0. The van der Waals surface area contributed by atoms with Gasteiger partial charge in [-0.25, -0.2) is 0 Å². The molecule has 0 unspecified atom stereocenters. The average molecular weight is 611 g/mol. The van der Waals surface area contributed by atoms with Gasteiger partial charge >= 0.3 is 12.4 Å². The van der Waals surface area contributed by atoms with Crippen LogP contribution in [0.2, 0.25) is 5.02 Å². The van der Waals surface area contributed by atoms with Gasteiger partial charge in [-0.2, -0.15) is 26.3 Å². The number of aromatic nitrogens is 1. The van der Waals surface area contributed by atoms with Crippen molar-refractivity contribution in [2.45, 2.75) is 32.7 Å². The molecule has 0 saturated carbocycles. The van der Waals surface area contributed by atoms with Crippen LogP contribution >= 0.6 is 11.6 Å². The van der Waals surface area contributed by atoms with E-state index in [0.29, 0.717) is 55.2 Å². The predicted octanol–water partition coefficient (Wildman–Crippen LogP) is 11.0. The van der Waals surface area contributed by atoms with Gasteiger partial charge in [0.15, 0.2) is 0 Å². The summed E-state index contributed by atoms with van der Waals surface area (Å²) in [6.07, 6.45) is -7.46. The first-order valence-corrected chi connectivity index (χ1v) is 13.6. The Morgan fingerprint density at radius 1 is 0.651 bits per heavy atom. The molecule has 1 aromatic heterocycles. The zero-order valence-corrected chi connectivity index (χ0v) is 23.8. The van der Waals surface area contributed by atoms with Crippen molar-refractivity contribution in [2.75, 3.05) is 5.32 Å². The van der Waals surface area contributed by atoms with E-state index in [-0.39, 0.29) is 6.54 Å². The van der Waals surface area contributed by atoms with Crippen molar-refractivity contribution in [3.05, 3.63) is 130 Å². The lowest BCUT2D eigenvalue weighted by Crippen LogP contribution is -2.10. The summed E-state index contributed by atoms with van der Waals surface area (Å²) in [6.45, 7) is 3.54. The van der Waals surface area contributed by atoms with Gasteiger partial charge in [-0.15, -0.1) is 0 Å². The molecule has 220 valence electrons. The molecule has 0 saturated heterocycles. The quantitative estimate of drug-likeness (QED) is 0.193. The molecule has 0 bridgehead atoms. The summed E-state index contributed by atoms with van der Waals surface area (Å²) < 4.78 is 81.6. The summed E-state index contributed by atoms with van der Waals surface area (Å²) in [7, 11) is 0. The second-order valence-electron chi connectivity index (χ2n) is 10.2. The lowest BCUT2D eigenvalue weighted by molar-refractivity contribution is -0.138. The Morgan fingerprint density at radius 2 is 1.30 bits per heavy atom. The van der Waals surface area contributed by atoms with Crippen LogP contribution in [0.25, 0.3) is 33.4 Å². The van der Waals surface area contributed by atoms with Crippen LogP contribution in [0.1, 0.15) is 27.9 Å². The number of anilines is 1. The first kappa shape index (κ1) is 30.2. The third-order valence-corrected chi connectivity index (χ3v) is 7.48. The Balaban J connectivity index is 1.55. The van der Waals surface area contributed by atoms with Crippen LogP contribution < -0.4 is 5.32 Å². The fraction of sp³-hybridized carbons (Fsp3) is 0.147. The summed E-state index contributed by atoms with van der Waals surface area (Å²) in [4.78, 5) is 4.30. The summed E-state index contributed by atoms with van der Waals surface area (Å²) in [5.41, 5.74) is 3.94. The number of aryl methyl sites for hydroxylation is 2. The predicted molar refractivity (Wildman–Crippen MR) is 159 cm³/mol. The van der Waals surface area contributed by atoms with Crippen LogP contribution in [0.15, 0.2) is 97.2 Å². The van der Waals surface area contributed by atoms with Gasteiger partial charge in [0.25, 0.3) is 0 Å². The molecule has 1 heterocycles. The van der Waals surface area contributed by atoms with Crippen molar-refractivity contribution in [2.24, 2.45) is 0 Å². The van der Waals surface area contributed by atoms with Crippen LogP contribution in [0.5, 0.6) is 0 Å². The monoisotopic (exact) mass is 610 g/mol. The highest BCUT2D eigenvalue weighted by molar-refractivity contribution is 6.33. The fourth-order valence-electron chi connectivity index (χ4n) is 4.96. The Hall–Kier alpha value is -4.30. The van der Waals surface area contributed by atoms with Gasteiger partial charge in [0.1, 0.15) is 0 Å². The minimum absolute atomic E-state index is 0.153. The van der Waals surface area contributed by atoms with Crippen LogP contribution in [0.3, 0.4) is 0 Å². The molecule has 5 rings (SSSR count). The number of nitrogens with one attached hydrogen (secondary N) is 1. The van der Waals surface area contributed by atoms with Gasteiger partial charge in [0.2, 0.25) is 0 Å². The normalized spacial score (nSPS) is 11.9. The molecule has 43 heavy (non-hydrogen) atoms. The number of rotatable bonds is 6. The number of hydrogen-bond donors (Lipinski definition) is 1. The van der Waals surface area contributed by atoms with Gasteiger partial charge < -0.3 is 5.32 Å². The minimum Gasteiger partial charge on any atom is -0.381 e. The van der Waals surface area contributed by atoms with Gasteiger partial charge in [0.05, 0.1) is 16.1 Å². The minimum atomic E-state index is -4.57. The third kappa shape index (κ3) is 6.70. The molecule has 0 radical (unpaired) electrons. The van der Waals surface area contributed by atoms with Crippen LogP contribution in [0, 0.1) is 13.8 Å². The molecule has 4 aromatic carbocycles. The first-order chi connectivity index (χ1) is 20.3. The standard InChI is InChI=1S/C34H25ClF6N2/c1-20-14-24(33(36,37)38)10-12-27(20)28-13-11-26(17-32(28)35)43-19-31-29(22-6-4-3-5-7-22)15-25(34(39,40)41)16-30(31)23-9-8-21(2)42-18-23/h3-18,43H,19H2,1-2H3. The largest absolute Gasteiger partial charge is 0.416 e. The maximum absolute atomic E-state index is 14.1. The molecular formula is C34H25ClF6N2. The summed E-state index contributed by atoms with van der Waals surface area (Å²) in [5, 5.41) is 3.59. The van der Waals surface area contributed by atoms with Crippen molar-refractivity contribution in [1.82, 2.24) is 4.98 Å². The van der Waals surface area contributed by atoms with E-state index < -0.39 is 23.5 Å². The van der Waals surface area contributed by atoms with Crippen LogP contribution in [-0.4, -0.2) is 4.98 Å². The second kappa shape index (κ2) is 11.8. The number of benzene rings is 4. The van der Waals surface area contributed by atoms with Crippen LogP contribution in [-0.2, 0) is 18.9 Å².